The van der Waals surface area contributed by atoms with Gasteiger partial charge < -0.3 is 10.1 Å². The average Bonchev–Trinajstić information content (AvgIpc) is 3.43. The molecule has 0 amide bonds. The topological polar surface area (TPSA) is 46.9 Å². The third-order valence-corrected chi connectivity index (χ3v) is 6.83. The molecular weight excluding hydrogens is 402 g/mol. The van der Waals surface area contributed by atoms with Crippen molar-refractivity contribution in [2.75, 3.05) is 12.3 Å². The molecule has 29 heavy (non-hydrogen) atoms. The van der Waals surface area contributed by atoms with E-state index < -0.39 is 0 Å². The minimum atomic E-state index is -0.0128. The monoisotopic (exact) mass is 425 g/mol. The summed E-state index contributed by atoms with van der Waals surface area (Å²) in [6.07, 6.45) is 3.81. The van der Waals surface area contributed by atoms with E-state index in [1.54, 1.807) is 0 Å². The van der Waals surface area contributed by atoms with E-state index in [0.717, 1.165) is 47.5 Å². The Morgan fingerprint density at radius 3 is 2.66 bits per heavy atom. The van der Waals surface area contributed by atoms with Crippen LogP contribution in [0.1, 0.15) is 24.8 Å². The molecule has 0 spiro atoms. The molecule has 3 atom stereocenters. The van der Waals surface area contributed by atoms with Gasteiger partial charge in [-0.1, -0.05) is 48.9 Å². The van der Waals surface area contributed by atoms with Gasteiger partial charge in [0.2, 0.25) is 0 Å². The van der Waals surface area contributed by atoms with Gasteiger partial charge in [-0.3, -0.25) is 0 Å². The molecule has 3 aromatic rings. The van der Waals surface area contributed by atoms with Gasteiger partial charge in [0.05, 0.1) is 23.0 Å². The summed E-state index contributed by atoms with van der Waals surface area (Å²) in [5, 5.41) is 9.36. The van der Waals surface area contributed by atoms with Crippen LogP contribution in [0.2, 0.25) is 5.02 Å². The Bertz CT molecular complexity index is 952. The molecule has 1 aliphatic rings. The van der Waals surface area contributed by atoms with Crippen molar-refractivity contribution in [2.24, 2.45) is 5.92 Å². The maximum Gasteiger partial charge on any atom is 0.122 e. The highest BCUT2D eigenvalue weighted by atomic mass is 35.5. The highest BCUT2D eigenvalue weighted by molar-refractivity contribution is 8.00. The zero-order valence-electron chi connectivity index (χ0n) is 16.3. The lowest BCUT2D eigenvalue weighted by molar-refractivity contribution is -0.110. The van der Waals surface area contributed by atoms with Crippen LogP contribution in [-0.2, 0) is 4.79 Å². The summed E-state index contributed by atoms with van der Waals surface area (Å²) < 4.78 is 2.00. The number of nitrogens with one attached hydrogen (secondary N) is 1. The first-order valence-electron chi connectivity index (χ1n) is 9.87. The number of aromatic nitrogens is 2. The lowest BCUT2D eigenvalue weighted by atomic mass is 9.88. The molecular formula is C23H24ClN3OS. The molecule has 3 unspecified atom stereocenters. The van der Waals surface area contributed by atoms with Crippen molar-refractivity contribution < 1.29 is 4.79 Å². The number of nitrogens with zero attached hydrogens (tertiary/aromatic N) is 2. The van der Waals surface area contributed by atoms with Gasteiger partial charge >= 0.3 is 0 Å². The Hall–Kier alpha value is -2.08. The Balaban J connectivity index is 1.86. The van der Waals surface area contributed by atoms with Crippen LogP contribution in [-0.4, -0.2) is 33.7 Å². The third-order valence-electron chi connectivity index (χ3n) is 5.28. The van der Waals surface area contributed by atoms with Gasteiger partial charge in [-0.2, -0.15) is 5.10 Å². The molecule has 6 heteroatoms. The Labute approximate surface area is 180 Å². The fraction of sp³-hybridized carbons (Fsp3) is 0.304. The van der Waals surface area contributed by atoms with Crippen molar-refractivity contribution in [3.63, 3.8) is 0 Å². The summed E-state index contributed by atoms with van der Waals surface area (Å²) in [6, 6.07) is 18.1. The van der Waals surface area contributed by atoms with E-state index in [-0.39, 0.29) is 17.2 Å². The number of halogens is 1. The van der Waals surface area contributed by atoms with Crippen molar-refractivity contribution in [3.05, 3.63) is 71.4 Å². The van der Waals surface area contributed by atoms with Crippen LogP contribution in [0.5, 0.6) is 0 Å². The number of aldehydes is 1. The largest absolute Gasteiger partial charge is 0.304 e. The van der Waals surface area contributed by atoms with Gasteiger partial charge in [0.25, 0.3) is 0 Å². The molecule has 1 fully saturated rings. The van der Waals surface area contributed by atoms with E-state index in [4.69, 9.17) is 16.7 Å². The molecule has 150 valence electrons. The summed E-state index contributed by atoms with van der Waals surface area (Å²) in [7, 11) is 0. The Morgan fingerprint density at radius 2 is 2.00 bits per heavy atom. The minimum absolute atomic E-state index is 0.0128. The summed E-state index contributed by atoms with van der Waals surface area (Å²) in [5.41, 5.74) is 4.30. The van der Waals surface area contributed by atoms with E-state index in [2.05, 4.69) is 17.4 Å². The fourth-order valence-electron chi connectivity index (χ4n) is 3.87. The SMILES string of the molecule is CC(C=O)CC(c1cnn(-c2ccccc2)c1-c1ccc(Cl)cc1)C1NCCS1. The van der Waals surface area contributed by atoms with E-state index in [0.29, 0.717) is 5.02 Å². The van der Waals surface area contributed by atoms with Crippen LogP contribution in [0.4, 0.5) is 0 Å². The van der Waals surface area contributed by atoms with Crippen molar-refractivity contribution in [1.82, 2.24) is 15.1 Å². The maximum atomic E-state index is 11.4. The normalized spacial score (nSPS) is 18.5. The van der Waals surface area contributed by atoms with Crippen molar-refractivity contribution in [2.45, 2.75) is 24.6 Å². The molecule has 1 aromatic heterocycles. The predicted octanol–water partition coefficient (Wildman–Crippen LogP) is 5.16. The number of rotatable bonds is 7. The number of thioether (sulfide) groups is 1. The molecule has 1 N–H and O–H groups in total. The van der Waals surface area contributed by atoms with E-state index in [1.807, 2.05) is 72.0 Å². The Kier molecular flexibility index (Phi) is 6.38. The standard InChI is InChI=1S/C23H24ClN3OS/c1-16(15-28)13-20(23-25-11-12-29-23)21-14-26-27(19-5-3-2-4-6-19)22(21)17-7-9-18(24)10-8-17/h2-10,14-16,20,23,25H,11-13H2,1H3. The first-order chi connectivity index (χ1) is 14.2. The lowest BCUT2D eigenvalue weighted by Gasteiger charge is -2.25. The molecule has 0 radical (unpaired) electrons. The minimum Gasteiger partial charge on any atom is -0.304 e. The molecule has 1 saturated heterocycles. The van der Waals surface area contributed by atoms with E-state index in [1.165, 1.54) is 0 Å². The zero-order valence-corrected chi connectivity index (χ0v) is 17.9. The average molecular weight is 426 g/mol. The second-order valence-corrected chi connectivity index (χ2v) is 9.09. The highest BCUT2D eigenvalue weighted by Crippen LogP contribution is 2.40. The number of para-hydroxylation sites is 1. The molecule has 4 rings (SSSR count). The number of benzene rings is 2. The first-order valence-corrected chi connectivity index (χ1v) is 11.3. The first kappa shape index (κ1) is 20.2. The van der Waals surface area contributed by atoms with Gasteiger partial charge in [0.15, 0.2) is 0 Å². The van der Waals surface area contributed by atoms with Gasteiger partial charge in [-0.15, -0.1) is 11.8 Å². The van der Waals surface area contributed by atoms with Gasteiger partial charge in [0, 0.05) is 40.3 Å². The van der Waals surface area contributed by atoms with Crippen molar-refractivity contribution in [3.8, 4) is 16.9 Å². The highest BCUT2D eigenvalue weighted by Gasteiger charge is 2.32. The summed E-state index contributed by atoms with van der Waals surface area (Å²) in [5.74, 6) is 1.26. The lowest BCUT2D eigenvalue weighted by Crippen LogP contribution is -2.28. The molecule has 2 heterocycles. The molecule has 0 aliphatic carbocycles. The van der Waals surface area contributed by atoms with Crippen molar-refractivity contribution >= 4 is 29.6 Å². The number of hydrogen-bond donors (Lipinski definition) is 1. The maximum absolute atomic E-state index is 11.4. The van der Waals surface area contributed by atoms with Gasteiger partial charge in [0.1, 0.15) is 6.29 Å². The zero-order chi connectivity index (χ0) is 20.2. The summed E-state index contributed by atoms with van der Waals surface area (Å²) in [6.45, 7) is 2.98. The number of carbonyl (C=O) groups is 1. The van der Waals surface area contributed by atoms with Crippen LogP contribution in [0.3, 0.4) is 0 Å². The fourth-order valence-corrected chi connectivity index (χ4v) is 5.21. The predicted molar refractivity (Wildman–Crippen MR) is 121 cm³/mol. The van der Waals surface area contributed by atoms with Gasteiger partial charge in [-0.05, 0) is 30.7 Å². The summed E-state index contributed by atoms with van der Waals surface area (Å²) in [4.78, 5) is 11.4. The van der Waals surface area contributed by atoms with Crippen molar-refractivity contribution in [1.29, 1.82) is 0 Å². The Morgan fingerprint density at radius 1 is 1.24 bits per heavy atom. The smallest absolute Gasteiger partial charge is 0.122 e. The number of hydrogen-bond acceptors (Lipinski definition) is 4. The second-order valence-electron chi connectivity index (χ2n) is 7.40. The van der Waals surface area contributed by atoms with Crippen LogP contribution < -0.4 is 5.32 Å². The van der Waals surface area contributed by atoms with E-state index in [9.17, 15) is 4.79 Å². The van der Waals surface area contributed by atoms with Crippen LogP contribution >= 0.6 is 23.4 Å². The molecule has 2 aromatic carbocycles. The second kappa shape index (κ2) is 9.16. The molecule has 1 aliphatic heterocycles. The van der Waals surface area contributed by atoms with Crippen LogP contribution in [0, 0.1) is 5.92 Å². The third kappa shape index (κ3) is 4.42. The van der Waals surface area contributed by atoms with E-state index >= 15 is 0 Å². The van der Waals surface area contributed by atoms with Gasteiger partial charge in [-0.25, -0.2) is 4.68 Å². The van der Waals surface area contributed by atoms with Crippen LogP contribution in [0.15, 0.2) is 60.8 Å². The molecule has 0 saturated carbocycles. The molecule has 4 nitrogen and oxygen atoms in total. The quantitative estimate of drug-likeness (QED) is 0.531. The summed E-state index contributed by atoms with van der Waals surface area (Å²) >= 11 is 8.07. The number of carbonyl (C=O) groups excluding carboxylic acids is 1. The van der Waals surface area contributed by atoms with Crippen LogP contribution in [0.25, 0.3) is 16.9 Å². The molecule has 0 bridgehead atoms.